The van der Waals surface area contributed by atoms with Crippen LogP contribution in [0.5, 0.6) is 0 Å². The summed E-state index contributed by atoms with van der Waals surface area (Å²) in [6.45, 7) is 7.66. The quantitative estimate of drug-likeness (QED) is 0.468. The Bertz CT molecular complexity index is 148. The Morgan fingerprint density at radius 3 is 2.90 bits per heavy atom. The van der Waals surface area contributed by atoms with Crippen molar-refractivity contribution in [1.29, 1.82) is 5.26 Å². The molecule has 0 bridgehead atoms. The highest BCUT2D eigenvalue weighted by Gasteiger charge is 1.95. The molecule has 0 aliphatic rings. The summed E-state index contributed by atoms with van der Waals surface area (Å²) in [6.07, 6.45) is 0. The molecule has 0 heterocycles. The molecule has 0 aromatic heterocycles. The Labute approximate surface area is 61.2 Å². The fourth-order valence-corrected chi connectivity index (χ4v) is 0.316. The number of hydrogen-bond acceptors (Lipinski definition) is 3. The van der Waals surface area contributed by atoms with Crippen LogP contribution in [0.15, 0.2) is 12.2 Å². The molecule has 0 radical (unpaired) electrons. The van der Waals surface area contributed by atoms with Crippen LogP contribution in [0.2, 0.25) is 0 Å². The van der Waals surface area contributed by atoms with Crippen molar-refractivity contribution < 1.29 is 4.84 Å². The summed E-state index contributed by atoms with van der Waals surface area (Å²) < 4.78 is 0. The van der Waals surface area contributed by atoms with Gasteiger partial charge in [-0.25, -0.2) is 0 Å². The lowest BCUT2D eigenvalue weighted by Crippen LogP contribution is -2.25. The summed E-state index contributed by atoms with van der Waals surface area (Å²) >= 11 is 0. The van der Waals surface area contributed by atoms with E-state index in [0.29, 0.717) is 6.61 Å². The first kappa shape index (κ1) is 9.15. The second kappa shape index (κ2) is 4.98. The highest BCUT2D eigenvalue weighted by molar-refractivity contribution is 4.88. The molecule has 0 fully saturated rings. The normalized spacial score (nSPS) is 12.1. The van der Waals surface area contributed by atoms with Crippen molar-refractivity contribution in [3.8, 4) is 6.07 Å². The van der Waals surface area contributed by atoms with Gasteiger partial charge in [-0.15, -0.1) is 0 Å². The monoisotopic (exact) mass is 140 g/mol. The lowest BCUT2D eigenvalue weighted by molar-refractivity contribution is 0.0476. The minimum atomic E-state index is -0.264. The van der Waals surface area contributed by atoms with Crippen LogP contribution in [-0.4, -0.2) is 12.6 Å². The lowest BCUT2D eigenvalue weighted by atomic mass is 10.4. The summed E-state index contributed by atoms with van der Waals surface area (Å²) in [5.74, 6) is 0. The Morgan fingerprint density at radius 2 is 2.50 bits per heavy atom. The maximum Gasteiger partial charge on any atom is 0.116 e. The van der Waals surface area contributed by atoms with Crippen molar-refractivity contribution in [3.63, 3.8) is 0 Å². The van der Waals surface area contributed by atoms with Gasteiger partial charge in [0.05, 0.1) is 12.7 Å². The minimum Gasteiger partial charge on any atom is -0.296 e. The molecule has 56 valence electrons. The van der Waals surface area contributed by atoms with Crippen LogP contribution < -0.4 is 5.48 Å². The molecule has 3 nitrogen and oxygen atoms in total. The molecule has 0 saturated carbocycles. The summed E-state index contributed by atoms with van der Waals surface area (Å²) in [5, 5.41) is 8.29. The van der Waals surface area contributed by atoms with Crippen LogP contribution in [0.4, 0.5) is 0 Å². The maximum atomic E-state index is 8.29. The Hall–Kier alpha value is -0.850. The van der Waals surface area contributed by atoms with Crippen molar-refractivity contribution in [2.24, 2.45) is 0 Å². The average Bonchev–Trinajstić information content (AvgIpc) is 1.87. The van der Waals surface area contributed by atoms with E-state index >= 15 is 0 Å². The van der Waals surface area contributed by atoms with Gasteiger partial charge in [-0.3, -0.25) is 4.84 Å². The number of nitrogens with one attached hydrogen (secondary N) is 1. The first-order chi connectivity index (χ1) is 4.66. The molecule has 1 atom stereocenters. The molecule has 10 heavy (non-hydrogen) atoms. The van der Waals surface area contributed by atoms with E-state index in [2.05, 4.69) is 12.1 Å². The first-order valence-corrected chi connectivity index (χ1v) is 3.08. The summed E-state index contributed by atoms with van der Waals surface area (Å²) in [5.41, 5.74) is 3.47. The van der Waals surface area contributed by atoms with E-state index in [1.807, 2.05) is 13.0 Å². The van der Waals surface area contributed by atoms with Gasteiger partial charge in [-0.2, -0.15) is 10.7 Å². The van der Waals surface area contributed by atoms with Crippen LogP contribution in [0, 0.1) is 11.3 Å². The van der Waals surface area contributed by atoms with E-state index in [0.717, 1.165) is 5.57 Å². The van der Waals surface area contributed by atoms with Gasteiger partial charge in [0.15, 0.2) is 0 Å². The zero-order valence-electron chi connectivity index (χ0n) is 6.35. The predicted molar refractivity (Wildman–Crippen MR) is 39.0 cm³/mol. The van der Waals surface area contributed by atoms with Gasteiger partial charge >= 0.3 is 0 Å². The van der Waals surface area contributed by atoms with E-state index in [1.165, 1.54) is 0 Å². The second-order valence-corrected chi connectivity index (χ2v) is 2.21. The summed E-state index contributed by atoms with van der Waals surface area (Å²) in [4.78, 5) is 4.88. The largest absolute Gasteiger partial charge is 0.296 e. The third-order valence-corrected chi connectivity index (χ3v) is 0.772. The third kappa shape index (κ3) is 5.29. The first-order valence-electron chi connectivity index (χ1n) is 3.08. The molecule has 1 N–H and O–H groups in total. The average molecular weight is 140 g/mol. The highest BCUT2D eigenvalue weighted by Crippen LogP contribution is 1.86. The molecular formula is C7H12N2O. The second-order valence-electron chi connectivity index (χ2n) is 2.21. The van der Waals surface area contributed by atoms with E-state index < -0.39 is 0 Å². The summed E-state index contributed by atoms with van der Waals surface area (Å²) in [7, 11) is 0. The molecule has 0 aliphatic carbocycles. The lowest BCUT2D eigenvalue weighted by Gasteiger charge is -2.05. The smallest absolute Gasteiger partial charge is 0.116 e. The summed E-state index contributed by atoms with van der Waals surface area (Å²) in [6, 6.07) is 1.71. The van der Waals surface area contributed by atoms with Gasteiger partial charge in [-0.1, -0.05) is 12.2 Å². The number of nitriles is 1. The van der Waals surface area contributed by atoms with Crippen LogP contribution in [0.1, 0.15) is 13.8 Å². The van der Waals surface area contributed by atoms with E-state index in [-0.39, 0.29) is 6.04 Å². The molecule has 1 unspecified atom stereocenters. The topological polar surface area (TPSA) is 45.0 Å². The van der Waals surface area contributed by atoms with Gasteiger partial charge in [-0.05, 0) is 13.8 Å². The third-order valence-electron chi connectivity index (χ3n) is 0.772. The van der Waals surface area contributed by atoms with Crippen LogP contribution in [0.25, 0.3) is 0 Å². The Balaban J connectivity index is 3.22. The maximum absolute atomic E-state index is 8.29. The molecule has 3 heteroatoms. The molecule has 0 aliphatic heterocycles. The standard InChI is InChI=1S/C7H12N2O/c1-6(2)5-10-9-7(3)4-8/h7,9H,1,5H2,2-3H3. The number of rotatable bonds is 4. The highest BCUT2D eigenvalue weighted by atomic mass is 16.6. The van der Waals surface area contributed by atoms with Crippen molar-refractivity contribution in [2.45, 2.75) is 19.9 Å². The fraction of sp³-hybridized carbons (Fsp3) is 0.571. The van der Waals surface area contributed by atoms with Gasteiger partial charge in [0.1, 0.15) is 6.04 Å². The Kier molecular flexibility index (Phi) is 4.55. The van der Waals surface area contributed by atoms with Crippen molar-refractivity contribution in [3.05, 3.63) is 12.2 Å². The molecule has 0 saturated heterocycles. The van der Waals surface area contributed by atoms with E-state index in [9.17, 15) is 0 Å². The van der Waals surface area contributed by atoms with Gasteiger partial charge in [0.2, 0.25) is 0 Å². The Morgan fingerprint density at radius 1 is 1.90 bits per heavy atom. The molecule has 0 spiro atoms. The molecule has 0 aromatic rings. The van der Waals surface area contributed by atoms with Crippen LogP contribution in [-0.2, 0) is 4.84 Å². The van der Waals surface area contributed by atoms with Gasteiger partial charge in [0.25, 0.3) is 0 Å². The van der Waals surface area contributed by atoms with Crippen molar-refractivity contribution in [2.75, 3.05) is 6.61 Å². The molecule has 0 amide bonds. The minimum absolute atomic E-state index is 0.264. The van der Waals surface area contributed by atoms with E-state index in [1.54, 1.807) is 6.92 Å². The van der Waals surface area contributed by atoms with Crippen molar-refractivity contribution in [1.82, 2.24) is 5.48 Å². The zero-order chi connectivity index (χ0) is 7.98. The number of hydroxylamine groups is 1. The van der Waals surface area contributed by atoms with Crippen molar-refractivity contribution >= 4 is 0 Å². The number of hydrogen-bond donors (Lipinski definition) is 1. The van der Waals surface area contributed by atoms with Gasteiger partial charge in [0, 0.05) is 0 Å². The van der Waals surface area contributed by atoms with Crippen LogP contribution >= 0.6 is 0 Å². The van der Waals surface area contributed by atoms with Gasteiger partial charge < -0.3 is 0 Å². The van der Waals surface area contributed by atoms with E-state index in [4.69, 9.17) is 10.1 Å². The molecule has 0 aromatic carbocycles. The molecule has 0 rings (SSSR count). The molecular weight excluding hydrogens is 128 g/mol. The fourth-order valence-electron chi connectivity index (χ4n) is 0.316. The SMILES string of the molecule is C=C(C)CONC(C)C#N. The van der Waals surface area contributed by atoms with Crippen LogP contribution in [0.3, 0.4) is 0 Å². The zero-order valence-corrected chi connectivity index (χ0v) is 6.35. The number of nitrogens with zero attached hydrogens (tertiary/aromatic N) is 1. The predicted octanol–water partition coefficient (Wildman–Crippen LogP) is 0.996.